The second-order valence-electron chi connectivity index (χ2n) is 3.71. The highest BCUT2D eigenvalue weighted by atomic mass is 19.4. The topological polar surface area (TPSA) is 59.8 Å². The Labute approximate surface area is 106 Å². The van der Waals surface area contributed by atoms with Gasteiger partial charge in [-0.3, -0.25) is 9.36 Å². The Morgan fingerprint density at radius 3 is 2.26 bits per heavy atom. The van der Waals surface area contributed by atoms with Gasteiger partial charge < -0.3 is 5.32 Å². The first-order valence-corrected chi connectivity index (χ1v) is 5.26. The zero-order chi connectivity index (χ0) is 13.9. The third-order valence-electron chi connectivity index (χ3n) is 2.30. The average molecular weight is 270 g/mol. The molecular weight excluding hydrogens is 261 g/mol. The number of benzene rings is 1. The Bertz CT molecular complexity index is 548. The van der Waals surface area contributed by atoms with Crippen molar-refractivity contribution in [2.45, 2.75) is 6.18 Å². The van der Waals surface area contributed by atoms with Gasteiger partial charge in [0.15, 0.2) is 0 Å². The molecule has 8 heteroatoms. The number of halogens is 3. The Morgan fingerprint density at radius 2 is 1.74 bits per heavy atom. The Hall–Kier alpha value is -2.38. The van der Waals surface area contributed by atoms with Crippen LogP contribution in [-0.2, 0) is 0 Å². The van der Waals surface area contributed by atoms with Crippen LogP contribution in [0.25, 0.3) is 5.69 Å². The summed E-state index contributed by atoms with van der Waals surface area (Å²) in [7, 11) is 0. The fraction of sp³-hybridized carbons (Fsp3) is 0.182. The number of nitrogens with one attached hydrogen (secondary N) is 1. The summed E-state index contributed by atoms with van der Waals surface area (Å²) < 4.78 is 37.5. The van der Waals surface area contributed by atoms with E-state index in [1.807, 2.05) is 0 Å². The molecule has 100 valence electrons. The van der Waals surface area contributed by atoms with Crippen molar-refractivity contribution in [3.8, 4) is 5.69 Å². The molecule has 0 bridgehead atoms. The SMILES string of the molecule is O=C(NCC(F)(F)F)c1ccc(-n2cnnc2)cc1. The fourth-order valence-electron chi connectivity index (χ4n) is 1.40. The van der Waals surface area contributed by atoms with Gasteiger partial charge in [-0.25, -0.2) is 0 Å². The van der Waals surface area contributed by atoms with Crippen LogP contribution in [0.5, 0.6) is 0 Å². The zero-order valence-corrected chi connectivity index (χ0v) is 9.55. The molecule has 0 aliphatic rings. The Balaban J connectivity index is 2.04. The minimum atomic E-state index is -4.42. The van der Waals surface area contributed by atoms with Crippen LogP contribution in [-0.4, -0.2) is 33.4 Å². The fourth-order valence-corrected chi connectivity index (χ4v) is 1.40. The number of aromatic nitrogens is 3. The first kappa shape index (κ1) is 13.1. The lowest BCUT2D eigenvalue weighted by Crippen LogP contribution is -2.33. The molecule has 0 aliphatic carbocycles. The number of rotatable bonds is 3. The molecule has 1 aromatic heterocycles. The number of hydrogen-bond donors (Lipinski definition) is 1. The van der Waals surface area contributed by atoms with Crippen LogP contribution >= 0.6 is 0 Å². The summed E-state index contributed by atoms with van der Waals surface area (Å²) >= 11 is 0. The zero-order valence-electron chi connectivity index (χ0n) is 9.55. The van der Waals surface area contributed by atoms with Gasteiger partial charge in [0.2, 0.25) is 0 Å². The number of alkyl halides is 3. The number of nitrogens with zero attached hydrogens (tertiary/aromatic N) is 3. The van der Waals surface area contributed by atoms with Crippen LogP contribution in [0.2, 0.25) is 0 Å². The minimum Gasteiger partial charge on any atom is -0.343 e. The highest BCUT2D eigenvalue weighted by molar-refractivity contribution is 5.94. The summed E-state index contributed by atoms with van der Waals surface area (Å²) in [5, 5.41) is 9.04. The third kappa shape index (κ3) is 3.54. The predicted molar refractivity (Wildman–Crippen MR) is 59.7 cm³/mol. The first-order valence-electron chi connectivity index (χ1n) is 5.26. The van der Waals surface area contributed by atoms with Gasteiger partial charge in [0.1, 0.15) is 19.2 Å². The van der Waals surface area contributed by atoms with Crippen molar-refractivity contribution in [1.82, 2.24) is 20.1 Å². The largest absolute Gasteiger partial charge is 0.405 e. The van der Waals surface area contributed by atoms with Crippen molar-refractivity contribution in [3.63, 3.8) is 0 Å². The number of carbonyl (C=O) groups is 1. The molecule has 1 amide bonds. The standard InChI is InChI=1S/C11H9F3N4O/c12-11(13,14)5-15-10(19)8-1-3-9(4-2-8)18-6-16-17-7-18/h1-4,6-7H,5H2,(H,15,19). The predicted octanol–water partition coefficient (Wildman–Crippen LogP) is 1.56. The van der Waals surface area contributed by atoms with E-state index < -0.39 is 18.6 Å². The van der Waals surface area contributed by atoms with Gasteiger partial charge in [0.05, 0.1) is 0 Å². The van der Waals surface area contributed by atoms with Gasteiger partial charge in [-0.05, 0) is 24.3 Å². The molecule has 0 saturated carbocycles. The van der Waals surface area contributed by atoms with Crippen LogP contribution in [0, 0.1) is 0 Å². The van der Waals surface area contributed by atoms with E-state index in [1.165, 1.54) is 24.8 Å². The second-order valence-corrected chi connectivity index (χ2v) is 3.71. The van der Waals surface area contributed by atoms with E-state index in [2.05, 4.69) is 10.2 Å². The highest BCUT2D eigenvalue weighted by Crippen LogP contribution is 2.13. The molecule has 5 nitrogen and oxygen atoms in total. The maximum atomic E-state index is 11.9. The summed E-state index contributed by atoms with van der Waals surface area (Å²) in [5.41, 5.74) is 0.860. The van der Waals surface area contributed by atoms with Crippen molar-refractivity contribution in [3.05, 3.63) is 42.5 Å². The highest BCUT2D eigenvalue weighted by Gasteiger charge is 2.27. The molecule has 0 unspecified atom stereocenters. The molecule has 2 aromatic rings. The number of carbonyl (C=O) groups excluding carboxylic acids is 1. The molecule has 2 rings (SSSR count). The van der Waals surface area contributed by atoms with Crippen molar-refractivity contribution in [2.75, 3.05) is 6.54 Å². The Morgan fingerprint density at radius 1 is 1.16 bits per heavy atom. The summed E-state index contributed by atoms with van der Waals surface area (Å²) in [4.78, 5) is 11.4. The maximum Gasteiger partial charge on any atom is 0.405 e. The van der Waals surface area contributed by atoms with Gasteiger partial charge >= 0.3 is 6.18 Å². The van der Waals surface area contributed by atoms with Crippen LogP contribution in [0.1, 0.15) is 10.4 Å². The van der Waals surface area contributed by atoms with E-state index in [4.69, 9.17) is 0 Å². The van der Waals surface area contributed by atoms with Crippen molar-refractivity contribution in [1.29, 1.82) is 0 Å². The molecule has 1 aromatic carbocycles. The molecule has 0 fully saturated rings. The Kier molecular flexibility index (Phi) is 3.50. The van der Waals surface area contributed by atoms with Gasteiger partial charge in [0.25, 0.3) is 5.91 Å². The molecule has 0 saturated heterocycles. The normalized spacial score (nSPS) is 11.3. The summed E-state index contributed by atoms with van der Waals surface area (Å²) in [6, 6.07) is 6.04. The third-order valence-corrected chi connectivity index (χ3v) is 2.30. The second kappa shape index (κ2) is 5.09. The minimum absolute atomic E-state index is 0.154. The number of amides is 1. The lowest BCUT2D eigenvalue weighted by Gasteiger charge is -2.08. The van der Waals surface area contributed by atoms with Gasteiger partial charge in [-0.15, -0.1) is 10.2 Å². The monoisotopic (exact) mass is 270 g/mol. The molecule has 19 heavy (non-hydrogen) atoms. The van der Waals surface area contributed by atoms with E-state index in [1.54, 1.807) is 22.0 Å². The van der Waals surface area contributed by atoms with E-state index in [9.17, 15) is 18.0 Å². The van der Waals surface area contributed by atoms with E-state index >= 15 is 0 Å². The number of hydrogen-bond acceptors (Lipinski definition) is 3. The van der Waals surface area contributed by atoms with Crippen LogP contribution in [0.4, 0.5) is 13.2 Å². The summed E-state index contributed by atoms with van der Waals surface area (Å²) in [6.45, 7) is -1.35. The smallest absolute Gasteiger partial charge is 0.343 e. The summed E-state index contributed by atoms with van der Waals surface area (Å²) in [6.07, 6.45) is -1.48. The molecule has 0 aliphatic heterocycles. The van der Waals surface area contributed by atoms with Crippen LogP contribution in [0.15, 0.2) is 36.9 Å². The van der Waals surface area contributed by atoms with Gasteiger partial charge in [0, 0.05) is 11.3 Å². The molecule has 0 radical (unpaired) electrons. The average Bonchev–Trinajstić information content (AvgIpc) is 2.89. The van der Waals surface area contributed by atoms with Gasteiger partial charge in [-0.1, -0.05) is 0 Å². The van der Waals surface area contributed by atoms with Gasteiger partial charge in [-0.2, -0.15) is 13.2 Å². The lowest BCUT2D eigenvalue weighted by molar-refractivity contribution is -0.123. The molecule has 1 heterocycles. The van der Waals surface area contributed by atoms with E-state index in [-0.39, 0.29) is 5.56 Å². The van der Waals surface area contributed by atoms with E-state index in [0.29, 0.717) is 5.69 Å². The molecule has 0 atom stereocenters. The maximum absolute atomic E-state index is 11.9. The lowest BCUT2D eigenvalue weighted by atomic mass is 10.2. The van der Waals surface area contributed by atoms with Crippen molar-refractivity contribution < 1.29 is 18.0 Å². The quantitative estimate of drug-likeness (QED) is 0.920. The molecular formula is C11H9F3N4O. The molecule has 1 N–H and O–H groups in total. The van der Waals surface area contributed by atoms with Crippen molar-refractivity contribution >= 4 is 5.91 Å². The first-order chi connectivity index (χ1) is 8.96. The van der Waals surface area contributed by atoms with Crippen LogP contribution in [0.3, 0.4) is 0 Å². The van der Waals surface area contributed by atoms with E-state index in [0.717, 1.165) is 0 Å². The van der Waals surface area contributed by atoms with Crippen molar-refractivity contribution in [2.24, 2.45) is 0 Å². The summed E-state index contributed by atoms with van der Waals surface area (Å²) in [5.74, 6) is -0.771. The molecule has 0 spiro atoms. The van der Waals surface area contributed by atoms with Crippen LogP contribution < -0.4 is 5.32 Å².